The van der Waals surface area contributed by atoms with Crippen LogP contribution in [-0.2, 0) is 0 Å². The number of hydrogen-bond acceptors (Lipinski definition) is 4. The van der Waals surface area contributed by atoms with Gasteiger partial charge in [0.2, 0.25) is 0 Å². The predicted molar refractivity (Wildman–Crippen MR) is 79.4 cm³/mol. The number of halogens is 1. The predicted octanol–water partition coefficient (Wildman–Crippen LogP) is 3.34. The van der Waals surface area contributed by atoms with E-state index in [-0.39, 0.29) is 6.04 Å². The van der Waals surface area contributed by atoms with Crippen molar-refractivity contribution < 1.29 is 4.42 Å². The zero-order valence-electron chi connectivity index (χ0n) is 10.9. The minimum Gasteiger partial charge on any atom is -0.457 e. The molecule has 3 rings (SSSR count). The van der Waals surface area contributed by atoms with Gasteiger partial charge in [-0.3, -0.25) is 10.8 Å². The van der Waals surface area contributed by atoms with Gasteiger partial charge in [-0.2, -0.15) is 0 Å². The van der Waals surface area contributed by atoms with Gasteiger partial charge in [0.05, 0.1) is 5.02 Å². The maximum atomic E-state index is 6.13. The maximum absolute atomic E-state index is 6.13. The Hall–Kier alpha value is -1.88. The van der Waals surface area contributed by atoms with Crippen LogP contribution < -0.4 is 11.3 Å². The van der Waals surface area contributed by atoms with Crippen LogP contribution in [0.1, 0.15) is 23.1 Å². The molecule has 0 saturated heterocycles. The average Bonchev–Trinajstić information content (AvgIpc) is 2.87. The van der Waals surface area contributed by atoms with Crippen molar-refractivity contribution in [1.82, 2.24) is 10.4 Å². The molecule has 0 aliphatic carbocycles. The topological polar surface area (TPSA) is 64.1 Å². The fraction of sp³-hybridized carbons (Fsp3) is 0.133. The molecule has 5 heteroatoms. The highest BCUT2D eigenvalue weighted by Gasteiger charge is 2.18. The largest absolute Gasteiger partial charge is 0.457 e. The van der Waals surface area contributed by atoms with Crippen molar-refractivity contribution >= 4 is 22.6 Å². The van der Waals surface area contributed by atoms with Gasteiger partial charge in [0, 0.05) is 17.3 Å². The molecule has 1 aromatic carbocycles. The smallest absolute Gasteiger partial charge is 0.152 e. The van der Waals surface area contributed by atoms with Gasteiger partial charge >= 0.3 is 0 Å². The van der Waals surface area contributed by atoms with Crippen molar-refractivity contribution in [3.63, 3.8) is 0 Å². The second-order valence-electron chi connectivity index (χ2n) is 4.64. The number of nitrogens with one attached hydrogen (secondary N) is 1. The highest BCUT2D eigenvalue weighted by molar-refractivity contribution is 6.34. The molecule has 0 aliphatic heterocycles. The SMILES string of the molecule is Cc1ccc(C(NN)c2cc3cccc(Cl)c3o2)cn1. The Balaban J connectivity index is 2.07. The van der Waals surface area contributed by atoms with Gasteiger partial charge in [-0.25, -0.2) is 5.43 Å². The Morgan fingerprint density at radius 3 is 2.80 bits per heavy atom. The molecule has 0 saturated carbocycles. The number of pyridine rings is 1. The number of hydrogen-bond donors (Lipinski definition) is 2. The number of benzene rings is 1. The monoisotopic (exact) mass is 287 g/mol. The van der Waals surface area contributed by atoms with E-state index in [4.69, 9.17) is 21.9 Å². The summed E-state index contributed by atoms with van der Waals surface area (Å²) in [5, 5.41) is 1.54. The molecule has 0 radical (unpaired) electrons. The summed E-state index contributed by atoms with van der Waals surface area (Å²) in [7, 11) is 0. The molecule has 0 amide bonds. The van der Waals surface area contributed by atoms with Gasteiger partial charge in [-0.15, -0.1) is 0 Å². The molecule has 1 unspecified atom stereocenters. The van der Waals surface area contributed by atoms with Crippen molar-refractivity contribution in [1.29, 1.82) is 0 Å². The third-order valence-corrected chi connectivity index (χ3v) is 3.53. The summed E-state index contributed by atoms with van der Waals surface area (Å²) in [5.41, 5.74) is 5.32. The maximum Gasteiger partial charge on any atom is 0.152 e. The first-order chi connectivity index (χ1) is 9.69. The molecule has 20 heavy (non-hydrogen) atoms. The van der Waals surface area contributed by atoms with Crippen molar-refractivity contribution in [2.75, 3.05) is 0 Å². The van der Waals surface area contributed by atoms with Gasteiger partial charge in [0.25, 0.3) is 0 Å². The zero-order valence-corrected chi connectivity index (χ0v) is 11.7. The summed E-state index contributed by atoms with van der Waals surface area (Å²) in [6.07, 6.45) is 1.79. The number of aryl methyl sites for hydroxylation is 1. The Kier molecular flexibility index (Phi) is 3.44. The van der Waals surface area contributed by atoms with Gasteiger partial charge in [-0.1, -0.05) is 29.8 Å². The number of para-hydroxylation sites is 1. The van der Waals surface area contributed by atoms with Crippen LogP contribution in [0, 0.1) is 6.92 Å². The highest BCUT2D eigenvalue weighted by atomic mass is 35.5. The van der Waals surface area contributed by atoms with E-state index in [9.17, 15) is 0 Å². The first-order valence-corrected chi connectivity index (χ1v) is 6.63. The van der Waals surface area contributed by atoms with E-state index in [2.05, 4.69) is 10.4 Å². The van der Waals surface area contributed by atoms with Crippen molar-refractivity contribution in [2.24, 2.45) is 5.84 Å². The quantitative estimate of drug-likeness (QED) is 0.573. The van der Waals surface area contributed by atoms with Gasteiger partial charge in [-0.05, 0) is 30.7 Å². The minimum absolute atomic E-state index is 0.258. The third-order valence-electron chi connectivity index (χ3n) is 3.23. The summed E-state index contributed by atoms with van der Waals surface area (Å²) in [5.74, 6) is 6.37. The average molecular weight is 288 g/mol. The van der Waals surface area contributed by atoms with Crippen LogP contribution in [0.5, 0.6) is 0 Å². The van der Waals surface area contributed by atoms with Crippen molar-refractivity contribution in [3.05, 3.63) is 64.6 Å². The van der Waals surface area contributed by atoms with E-state index < -0.39 is 0 Å². The summed E-state index contributed by atoms with van der Waals surface area (Å²) in [6, 6.07) is 11.2. The second-order valence-corrected chi connectivity index (χ2v) is 5.05. The van der Waals surface area contributed by atoms with E-state index in [1.807, 2.05) is 37.3 Å². The van der Waals surface area contributed by atoms with Crippen molar-refractivity contribution in [3.8, 4) is 0 Å². The minimum atomic E-state index is -0.258. The van der Waals surface area contributed by atoms with Gasteiger partial charge in [0.15, 0.2) is 5.58 Å². The number of rotatable bonds is 3. The fourth-order valence-corrected chi connectivity index (χ4v) is 2.40. The van der Waals surface area contributed by atoms with Crippen LogP contribution in [0.2, 0.25) is 5.02 Å². The summed E-state index contributed by atoms with van der Waals surface area (Å²) < 4.78 is 5.83. The van der Waals surface area contributed by atoms with Crippen LogP contribution in [0.25, 0.3) is 11.0 Å². The molecule has 3 N–H and O–H groups in total. The lowest BCUT2D eigenvalue weighted by molar-refractivity contribution is 0.476. The molecule has 0 spiro atoms. The second kappa shape index (κ2) is 5.25. The summed E-state index contributed by atoms with van der Waals surface area (Å²) in [6.45, 7) is 1.94. The normalized spacial score (nSPS) is 12.8. The number of hydrazine groups is 1. The standard InChI is InChI=1S/C15H14ClN3O/c1-9-5-6-11(8-18-9)14(19-17)13-7-10-3-2-4-12(16)15(10)20-13/h2-8,14,19H,17H2,1H3. The van der Waals surface area contributed by atoms with Crippen LogP contribution in [0.3, 0.4) is 0 Å². The van der Waals surface area contributed by atoms with E-state index >= 15 is 0 Å². The first kappa shape index (κ1) is 13.1. The number of fused-ring (bicyclic) bond motifs is 1. The van der Waals surface area contributed by atoms with Crippen LogP contribution >= 0.6 is 11.6 Å². The van der Waals surface area contributed by atoms with E-state index in [0.717, 1.165) is 16.6 Å². The molecule has 3 aromatic rings. The molecular formula is C15H14ClN3O. The molecular weight excluding hydrogens is 274 g/mol. The molecule has 2 aromatic heterocycles. The van der Waals surface area contributed by atoms with E-state index in [1.165, 1.54) is 0 Å². The lowest BCUT2D eigenvalue weighted by Gasteiger charge is -2.13. The third kappa shape index (κ3) is 2.29. The zero-order chi connectivity index (χ0) is 14.1. The number of nitrogens with two attached hydrogens (primary N) is 1. The molecule has 0 bridgehead atoms. The molecule has 1 atom stereocenters. The van der Waals surface area contributed by atoms with Gasteiger partial charge in [0.1, 0.15) is 11.8 Å². The number of furan rings is 1. The summed E-state index contributed by atoms with van der Waals surface area (Å²) in [4.78, 5) is 4.28. The molecule has 102 valence electrons. The fourth-order valence-electron chi connectivity index (χ4n) is 2.18. The Labute approximate surface area is 121 Å². The van der Waals surface area contributed by atoms with E-state index in [0.29, 0.717) is 16.4 Å². The van der Waals surface area contributed by atoms with Crippen LogP contribution in [0.4, 0.5) is 0 Å². The molecule has 4 nitrogen and oxygen atoms in total. The lowest BCUT2D eigenvalue weighted by atomic mass is 10.1. The summed E-state index contributed by atoms with van der Waals surface area (Å²) >= 11 is 6.13. The number of aromatic nitrogens is 1. The lowest BCUT2D eigenvalue weighted by Crippen LogP contribution is -2.28. The molecule has 0 fully saturated rings. The van der Waals surface area contributed by atoms with Crippen LogP contribution in [0.15, 0.2) is 47.0 Å². The Morgan fingerprint density at radius 2 is 2.15 bits per heavy atom. The molecule has 2 heterocycles. The molecule has 0 aliphatic rings. The van der Waals surface area contributed by atoms with E-state index in [1.54, 1.807) is 12.3 Å². The van der Waals surface area contributed by atoms with Crippen molar-refractivity contribution in [2.45, 2.75) is 13.0 Å². The Bertz CT molecular complexity index is 736. The van der Waals surface area contributed by atoms with Gasteiger partial charge < -0.3 is 4.42 Å². The Morgan fingerprint density at radius 1 is 1.30 bits per heavy atom. The first-order valence-electron chi connectivity index (χ1n) is 6.25. The highest BCUT2D eigenvalue weighted by Crippen LogP contribution is 2.31. The van der Waals surface area contributed by atoms with Crippen LogP contribution in [-0.4, -0.2) is 4.98 Å². The number of nitrogens with zero attached hydrogens (tertiary/aromatic N) is 1.